The summed E-state index contributed by atoms with van der Waals surface area (Å²) < 4.78 is 6.99. The second-order valence-electron chi connectivity index (χ2n) is 4.53. The predicted octanol–water partition coefficient (Wildman–Crippen LogP) is 1.49. The molecule has 1 radical (unpaired) electrons. The van der Waals surface area contributed by atoms with Crippen molar-refractivity contribution in [3.63, 3.8) is 0 Å². The summed E-state index contributed by atoms with van der Waals surface area (Å²) in [6, 6.07) is 0.215. The lowest BCUT2D eigenvalue weighted by molar-refractivity contribution is 0.286. The molecule has 0 fully saturated rings. The molecule has 0 bridgehead atoms. The molecule has 0 aliphatic rings. The van der Waals surface area contributed by atoms with Crippen LogP contribution in [-0.4, -0.2) is 26.1 Å². The molecule has 2 aromatic rings. The monoisotopic (exact) mass is 278 g/mol. The number of fused-ring (bicyclic) bond motifs is 1. The minimum atomic E-state index is -0.239. The van der Waals surface area contributed by atoms with Gasteiger partial charge in [0.1, 0.15) is 5.52 Å². The summed E-state index contributed by atoms with van der Waals surface area (Å²) in [6.45, 7) is 5.12. The van der Waals surface area contributed by atoms with Gasteiger partial charge in [-0.15, -0.1) is 0 Å². The molecule has 0 saturated heterocycles. The summed E-state index contributed by atoms with van der Waals surface area (Å²) >= 11 is 0. The van der Waals surface area contributed by atoms with Gasteiger partial charge < -0.3 is 15.5 Å². The molecule has 7 nitrogen and oxygen atoms in total. The van der Waals surface area contributed by atoms with Gasteiger partial charge in [-0.3, -0.25) is 4.57 Å². The number of aromatic amines is 1. The van der Waals surface area contributed by atoms with E-state index in [1.54, 1.807) is 0 Å². The molecule has 0 aliphatic carbocycles. The summed E-state index contributed by atoms with van der Waals surface area (Å²) in [5.41, 5.74) is 6.55. The van der Waals surface area contributed by atoms with Crippen molar-refractivity contribution in [2.75, 3.05) is 12.3 Å². The third kappa shape index (κ3) is 2.92. The Morgan fingerprint density at radius 1 is 1.40 bits per heavy atom. The number of nitrogens with one attached hydrogen (secondary N) is 1. The molecular weight excluding hydrogens is 258 g/mol. The molecule has 109 valence electrons. The van der Waals surface area contributed by atoms with E-state index in [0.717, 1.165) is 19.3 Å². The lowest BCUT2D eigenvalue weighted by atomic mass is 10.3. The lowest BCUT2D eigenvalue weighted by Gasteiger charge is -2.06. The third-order valence-corrected chi connectivity index (χ3v) is 2.96. The van der Waals surface area contributed by atoms with Gasteiger partial charge in [0.05, 0.1) is 6.61 Å². The second kappa shape index (κ2) is 6.40. The highest BCUT2D eigenvalue weighted by molar-refractivity contribution is 5.81. The number of anilines is 1. The maximum absolute atomic E-state index is 11.9. The van der Waals surface area contributed by atoms with Crippen molar-refractivity contribution in [2.45, 2.75) is 39.7 Å². The van der Waals surface area contributed by atoms with Gasteiger partial charge in [-0.2, -0.15) is 9.97 Å². The fourth-order valence-electron chi connectivity index (χ4n) is 1.83. The van der Waals surface area contributed by atoms with Crippen molar-refractivity contribution in [2.24, 2.45) is 0 Å². The largest absolute Gasteiger partial charge is 0.463 e. The highest BCUT2D eigenvalue weighted by atomic mass is 16.5. The molecule has 2 aromatic heterocycles. The first-order valence-corrected chi connectivity index (χ1v) is 6.87. The molecule has 0 atom stereocenters. The predicted molar refractivity (Wildman–Crippen MR) is 77.6 cm³/mol. The Balaban J connectivity index is 2.37. The zero-order chi connectivity index (χ0) is 14.5. The number of imidazole rings is 1. The highest BCUT2D eigenvalue weighted by Crippen LogP contribution is 2.18. The number of nitrogens with two attached hydrogens (primary N) is 1. The van der Waals surface area contributed by atoms with Gasteiger partial charge in [0.2, 0.25) is 0 Å². The van der Waals surface area contributed by atoms with Gasteiger partial charge in [-0.25, -0.2) is 4.79 Å². The maximum atomic E-state index is 11.9. The smallest absolute Gasteiger partial charge is 0.327 e. The van der Waals surface area contributed by atoms with Crippen LogP contribution >= 0.6 is 0 Å². The fourth-order valence-corrected chi connectivity index (χ4v) is 1.83. The number of H-pyrrole nitrogens is 1. The second-order valence-corrected chi connectivity index (χ2v) is 4.53. The van der Waals surface area contributed by atoms with Crippen LogP contribution in [0.15, 0.2) is 4.79 Å². The Hall–Kier alpha value is -2.05. The standard InChI is InChI=1S/C13H20N5O2/c1-3-5-7-18-11-9(15-13(18)19)10(14)16-12(17-11)20-8-6-4-2/h5H,3-4,6-8H2,1-2H3,(H,15,19)(H2,14,16,17). The van der Waals surface area contributed by atoms with E-state index in [2.05, 4.69) is 21.9 Å². The quantitative estimate of drug-likeness (QED) is 0.748. The van der Waals surface area contributed by atoms with Crippen LogP contribution in [0.1, 0.15) is 33.1 Å². The topological polar surface area (TPSA) is 98.8 Å². The molecular formula is C13H20N5O2. The number of nitrogen functional groups attached to an aromatic ring is 1. The fraction of sp³-hybridized carbons (Fsp3) is 0.538. The molecule has 2 heterocycles. The Morgan fingerprint density at radius 3 is 2.90 bits per heavy atom. The van der Waals surface area contributed by atoms with E-state index in [9.17, 15) is 4.79 Å². The van der Waals surface area contributed by atoms with E-state index >= 15 is 0 Å². The van der Waals surface area contributed by atoms with E-state index in [1.165, 1.54) is 4.57 Å². The van der Waals surface area contributed by atoms with Crippen LogP contribution in [0.5, 0.6) is 6.01 Å². The summed E-state index contributed by atoms with van der Waals surface area (Å²) in [5, 5.41) is 0. The number of hydrogen-bond donors (Lipinski definition) is 2. The average Bonchev–Trinajstić information content (AvgIpc) is 2.74. The molecule has 0 spiro atoms. The first-order chi connectivity index (χ1) is 9.67. The van der Waals surface area contributed by atoms with E-state index in [0.29, 0.717) is 24.3 Å². The van der Waals surface area contributed by atoms with Gasteiger partial charge in [-0.05, 0) is 12.8 Å². The molecule has 0 saturated carbocycles. The van der Waals surface area contributed by atoms with Crippen LogP contribution in [0.25, 0.3) is 11.2 Å². The van der Waals surface area contributed by atoms with E-state index < -0.39 is 0 Å². The van der Waals surface area contributed by atoms with Gasteiger partial charge in [-0.1, -0.05) is 26.7 Å². The molecule has 0 aromatic carbocycles. The molecule has 2 rings (SSSR count). The molecule has 0 unspecified atom stereocenters. The zero-order valence-electron chi connectivity index (χ0n) is 11.8. The highest BCUT2D eigenvalue weighted by Gasteiger charge is 2.14. The molecule has 20 heavy (non-hydrogen) atoms. The number of unbranched alkanes of at least 4 members (excludes halogenated alkanes) is 2. The molecule has 0 amide bonds. The van der Waals surface area contributed by atoms with Crippen molar-refractivity contribution < 1.29 is 4.74 Å². The van der Waals surface area contributed by atoms with Crippen molar-refractivity contribution in [3.05, 3.63) is 16.9 Å². The average molecular weight is 278 g/mol. The Morgan fingerprint density at radius 2 is 2.20 bits per heavy atom. The van der Waals surface area contributed by atoms with Crippen LogP contribution in [0, 0.1) is 6.42 Å². The molecule has 7 heteroatoms. The normalized spacial score (nSPS) is 11.1. The third-order valence-electron chi connectivity index (χ3n) is 2.96. The van der Waals surface area contributed by atoms with Crippen LogP contribution in [0.4, 0.5) is 5.82 Å². The lowest BCUT2D eigenvalue weighted by Crippen LogP contribution is -2.17. The van der Waals surface area contributed by atoms with Crippen LogP contribution in [0.3, 0.4) is 0 Å². The molecule has 3 N–H and O–H groups in total. The maximum Gasteiger partial charge on any atom is 0.327 e. The van der Waals surface area contributed by atoms with Gasteiger partial charge in [0, 0.05) is 6.54 Å². The van der Waals surface area contributed by atoms with Gasteiger partial charge >= 0.3 is 11.7 Å². The Kier molecular flexibility index (Phi) is 4.60. The van der Waals surface area contributed by atoms with Gasteiger partial charge in [0.15, 0.2) is 11.5 Å². The van der Waals surface area contributed by atoms with E-state index in [4.69, 9.17) is 10.5 Å². The van der Waals surface area contributed by atoms with Crippen molar-refractivity contribution in [1.29, 1.82) is 0 Å². The van der Waals surface area contributed by atoms with Crippen LogP contribution in [0.2, 0.25) is 0 Å². The minimum absolute atomic E-state index is 0.215. The van der Waals surface area contributed by atoms with E-state index in [1.807, 2.05) is 13.3 Å². The zero-order valence-corrected chi connectivity index (χ0v) is 11.8. The van der Waals surface area contributed by atoms with Crippen LogP contribution < -0.4 is 16.2 Å². The Labute approximate surface area is 117 Å². The van der Waals surface area contributed by atoms with E-state index in [-0.39, 0.29) is 17.5 Å². The molecule has 0 aliphatic heterocycles. The Bertz CT molecular complexity index is 631. The van der Waals surface area contributed by atoms with Crippen molar-refractivity contribution in [3.8, 4) is 6.01 Å². The van der Waals surface area contributed by atoms with Crippen molar-refractivity contribution in [1.82, 2.24) is 19.5 Å². The summed E-state index contributed by atoms with van der Waals surface area (Å²) in [7, 11) is 0. The van der Waals surface area contributed by atoms with Crippen molar-refractivity contribution >= 4 is 17.0 Å². The van der Waals surface area contributed by atoms with Crippen LogP contribution in [-0.2, 0) is 6.54 Å². The summed E-state index contributed by atoms with van der Waals surface area (Å²) in [4.78, 5) is 22.9. The first-order valence-electron chi connectivity index (χ1n) is 6.87. The number of ether oxygens (including phenoxy) is 1. The number of aromatic nitrogens is 4. The number of hydrogen-bond acceptors (Lipinski definition) is 5. The van der Waals surface area contributed by atoms with Gasteiger partial charge in [0.25, 0.3) is 0 Å². The first kappa shape index (κ1) is 14.4. The minimum Gasteiger partial charge on any atom is -0.463 e. The SMILES string of the molecule is CC[CH]Cn1c(=O)[nH]c2c(N)nc(OCCCC)nc21. The number of rotatable bonds is 7. The number of nitrogens with zero attached hydrogens (tertiary/aromatic N) is 3. The summed E-state index contributed by atoms with van der Waals surface area (Å²) in [5.74, 6) is 0.230. The summed E-state index contributed by atoms with van der Waals surface area (Å²) in [6.07, 6.45) is 4.81.